The first-order valence-electron chi connectivity index (χ1n) is 10.8. The zero-order valence-electron chi connectivity index (χ0n) is 17.8. The molecule has 0 saturated heterocycles. The predicted octanol–water partition coefficient (Wildman–Crippen LogP) is 5.30. The highest BCUT2D eigenvalue weighted by atomic mass is 35.5. The van der Waals surface area contributed by atoms with Crippen LogP contribution >= 0.6 is 11.6 Å². The SMILES string of the molecule is O=C(OCC(=O)N1CCc2ccccc2C1)c1cc(-c2ccc(Cl)cc2)nc2ccccc12. The Morgan fingerprint density at radius 3 is 2.48 bits per heavy atom. The van der Waals surface area contributed by atoms with Crippen LogP contribution in [0.5, 0.6) is 0 Å². The molecule has 3 aromatic carbocycles. The minimum atomic E-state index is -0.547. The maximum absolute atomic E-state index is 13.0. The topological polar surface area (TPSA) is 59.5 Å². The molecular formula is C27H21ClN2O3. The van der Waals surface area contributed by atoms with E-state index in [-0.39, 0.29) is 12.5 Å². The highest BCUT2D eigenvalue weighted by Crippen LogP contribution is 2.26. The zero-order valence-corrected chi connectivity index (χ0v) is 18.6. The summed E-state index contributed by atoms with van der Waals surface area (Å²) in [6.07, 6.45) is 0.801. The van der Waals surface area contributed by atoms with Gasteiger partial charge in [0.1, 0.15) is 0 Å². The molecule has 0 saturated carbocycles. The molecule has 33 heavy (non-hydrogen) atoms. The first kappa shape index (κ1) is 21.2. The number of carbonyl (C=O) groups excluding carboxylic acids is 2. The van der Waals surface area contributed by atoms with E-state index >= 15 is 0 Å². The monoisotopic (exact) mass is 456 g/mol. The maximum Gasteiger partial charge on any atom is 0.339 e. The fourth-order valence-corrected chi connectivity index (χ4v) is 4.24. The van der Waals surface area contributed by atoms with Gasteiger partial charge in [-0.1, -0.05) is 66.2 Å². The molecule has 164 valence electrons. The molecule has 0 aliphatic carbocycles. The molecular weight excluding hydrogens is 436 g/mol. The molecule has 0 fully saturated rings. The summed E-state index contributed by atoms with van der Waals surface area (Å²) in [5.41, 5.74) is 4.92. The molecule has 0 N–H and O–H groups in total. The predicted molar refractivity (Wildman–Crippen MR) is 128 cm³/mol. The van der Waals surface area contributed by atoms with Crippen molar-refractivity contribution in [2.24, 2.45) is 0 Å². The van der Waals surface area contributed by atoms with E-state index in [0.717, 1.165) is 17.5 Å². The molecule has 4 aromatic rings. The summed E-state index contributed by atoms with van der Waals surface area (Å²) in [5, 5.41) is 1.30. The first-order chi connectivity index (χ1) is 16.1. The molecule has 5 rings (SSSR count). The Kier molecular flexibility index (Phi) is 5.80. The summed E-state index contributed by atoms with van der Waals surface area (Å²) in [7, 11) is 0. The Bertz CT molecular complexity index is 1350. The van der Waals surface area contributed by atoms with Crippen LogP contribution in [-0.4, -0.2) is 34.9 Å². The third kappa shape index (κ3) is 4.45. The van der Waals surface area contributed by atoms with E-state index in [2.05, 4.69) is 11.1 Å². The Balaban J connectivity index is 1.36. The highest BCUT2D eigenvalue weighted by molar-refractivity contribution is 6.30. The van der Waals surface area contributed by atoms with Crippen LogP contribution in [-0.2, 0) is 22.5 Å². The summed E-state index contributed by atoms with van der Waals surface area (Å²) < 4.78 is 5.47. The van der Waals surface area contributed by atoms with Crippen molar-refractivity contribution in [3.8, 4) is 11.3 Å². The number of hydrogen-bond acceptors (Lipinski definition) is 4. The van der Waals surface area contributed by atoms with Crippen LogP contribution in [0.1, 0.15) is 21.5 Å². The summed E-state index contributed by atoms with van der Waals surface area (Å²) in [6, 6.07) is 24.5. The van der Waals surface area contributed by atoms with Gasteiger partial charge in [-0.25, -0.2) is 9.78 Å². The van der Waals surface area contributed by atoms with Crippen LogP contribution in [0.15, 0.2) is 78.9 Å². The van der Waals surface area contributed by atoms with Crippen LogP contribution in [0.25, 0.3) is 22.2 Å². The van der Waals surface area contributed by atoms with Gasteiger partial charge in [0.05, 0.1) is 16.8 Å². The summed E-state index contributed by atoms with van der Waals surface area (Å²) in [5.74, 6) is -0.747. The third-order valence-corrected chi connectivity index (χ3v) is 6.14. The summed E-state index contributed by atoms with van der Waals surface area (Å²) >= 11 is 6.01. The van der Waals surface area contributed by atoms with Gasteiger partial charge in [0.15, 0.2) is 6.61 Å². The number of halogens is 1. The number of nitrogens with zero attached hydrogens (tertiary/aromatic N) is 2. The first-order valence-corrected chi connectivity index (χ1v) is 11.1. The van der Waals surface area contributed by atoms with Gasteiger partial charge in [-0.2, -0.15) is 0 Å². The lowest BCUT2D eigenvalue weighted by atomic mass is 10.00. The van der Waals surface area contributed by atoms with Crippen molar-refractivity contribution in [3.63, 3.8) is 0 Å². The molecule has 0 spiro atoms. The van der Waals surface area contributed by atoms with Gasteiger partial charge in [-0.15, -0.1) is 0 Å². The number of ether oxygens (including phenoxy) is 1. The molecule has 1 aliphatic heterocycles. The average Bonchev–Trinajstić information content (AvgIpc) is 2.86. The number of esters is 1. The van der Waals surface area contributed by atoms with Gasteiger partial charge >= 0.3 is 5.97 Å². The smallest absolute Gasteiger partial charge is 0.339 e. The zero-order chi connectivity index (χ0) is 22.8. The van der Waals surface area contributed by atoms with Crippen molar-refractivity contribution in [2.45, 2.75) is 13.0 Å². The van der Waals surface area contributed by atoms with Gasteiger partial charge in [-0.05, 0) is 41.8 Å². The number of aromatic nitrogens is 1. The summed E-state index contributed by atoms with van der Waals surface area (Å²) in [4.78, 5) is 32.2. The molecule has 0 bridgehead atoms. The average molecular weight is 457 g/mol. The second-order valence-electron chi connectivity index (χ2n) is 7.99. The number of pyridine rings is 1. The van der Waals surface area contributed by atoms with Crippen molar-refractivity contribution in [1.29, 1.82) is 0 Å². The molecule has 0 radical (unpaired) electrons. The van der Waals surface area contributed by atoms with E-state index in [4.69, 9.17) is 16.3 Å². The van der Waals surface area contributed by atoms with Crippen LogP contribution in [0.2, 0.25) is 5.02 Å². The van der Waals surface area contributed by atoms with E-state index in [1.54, 1.807) is 23.1 Å². The largest absolute Gasteiger partial charge is 0.452 e. The lowest BCUT2D eigenvalue weighted by Gasteiger charge is -2.28. The van der Waals surface area contributed by atoms with E-state index in [9.17, 15) is 9.59 Å². The van der Waals surface area contributed by atoms with E-state index in [1.165, 1.54) is 5.56 Å². The fourth-order valence-electron chi connectivity index (χ4n) is 4.12. The number of hydrogen-bond donors (Lipinski definition) is 0. The van der Waals surface area contributed by atoms with Crippen molar-refractivity contribution >= 4 is 34.4 Å². The second kappa shape index (κ2) is 9.04. The Labute approximate surface area is 196 Å². The normalized spacial score (nSPS) is 12.9. The van der Waals surface area contributed by atoms with Crippen molar-refractivity contribution in [3.05, 3.63) is 101 Å². The van der Waals surface area contributed by atoms with Gasteiger partial charge in [0, 0.05) is 29.1 Å². The highest BCUT2D eigenvalue weighted by Gasteiger charge is 2.22. The van der Waals surface area contributed by atoms with E-state index in [0.29, 0.717) is 40.3 Å². The lowest BCUT2D eigenvalue weighted by molar-refractivity contribution is -0.135. The number of para-hydroxylation sites is 1. The maximum atomic E-state index is 13.0. The minimum Gasteiger partial charge on any atom is -0.452 e. The van der Waals surface area contributed by atoms with Crippen LogP contribution in [0.4, 0.5) is 0 Å². The van der Waals surface area contributed by atoms with Gasteiger partial charge < -0.3 is 9.64 Å². The molecule has 6 heteroatoms. The van der Waals surface area contributed by atoms with E-state index < -0.39 is 5.97 Å². The molecule has 0 atom stereocenters. The standard InChI is InChI=1S/C27H21ClN2O3/c28-21-11-9-19(10-12-21)25-15-23(22-7-3-4-8-24(22)29-25)27(32)33-17-26(31)30-14-13-18-5-1-2-6-20(18)16-30/h1-12,15H,13-14,16-17H2. The number of benzene rings is 3. The van der Waals surface area contributed by atoms with Crippen LogP contribution in [0, 0.1) is 0 Å². The van der Waals surface area contributed by atoms with Crippen molar-refractivity contribution in [1.82, 2.24) is 9.88 Å². The third-order valence-electron chi connectivity index (χ3n) is 5.89. The van der Waals surface area contributed by atoms with Crippen molar-refractivity contribution < 1.29 is 14.3 Å². The fraction of sp³-hybridized carbons (Fsp3) is 0.148. The lowest BCUT2D eigenvalue weighted by Crippen LogP contribution is -2.38. The Hall–Kier alpha value is -3.70. The Morgan fingerprint density at radius 1 is 0.939 bits per heavy atom. The number of amides is 1. The van der Waals surface area contributed by atoms with Crippen LogP contribution < -0.4 is 0 Å². The number of carbonyl (C=O) groups is 2. The van der Waals surface area contributed by atoms with Gasteiger partial charge in [-0.3, -0.25) is 4.79 Å². The Morgan fingerprint density at radius 2 is 1.67 bits per heavy atom. The number of rotatable bonds is 4. The molecule has 1 aliphatic rings. The van der Waals surface area contributed by atoms with Crippen LogP contribution in [0.3, 0.4) is 0 Å². The quantitative estimate of drug-likeness (QED) is 0.391. The molecule has 1 aromatic heterocycles. The number of fused-ring (bicyclic) bond motifs is 2. The molecule has 1 amide bonds. The molecule has 5 nitrogen and oxygen atoms in total. The second-order valence-corrected chi connectivity index (χ2v) is 8.43. The van der Waals surface area contributed by atoms with Gasteiger partial charge in [0.25, 0.3) is 5.91 Å². The van der Waals surface area contributed by atoms with E-state index in [1.807, 2.05) is 54.6 Å². The molecule has 0 unspecified atom stereocenters. The van der Waals surface area contributed by atoms with Gasteiger partial charge in [0.2, 0.25) is 0 Å². The summed E-state index contributed by atoms with van der Waals surface area (Å²) in [6.45, 7) is 0.853. The minimum absolute atomic E-state index is 0.200. The van der Waals surface area contributed by atoms with Crippen molar-refractivity contribution in [2.75, 3.05) is 13.2 Å². The molecule has 2 heterocycles.